The molecule has 180 valence electrons. The van der Waals surface area contributed by atoms with Crippen molar-refractivity contribution in [1.82, 2.24) is 20.0 Å². The Hall–Kier alpha value is -3.76. The quantitative estimate of drug-likeness (QED) is 0.482. The molecule has 2 aromatic carbocycles. The molecule has 2 fully saturated rings. The average Bonchev–Trinajstić information content (AvgIpc) is 3.51. The Bertz CT molecular complexity index is 1430. The van der Waals surface area contributed by atoms with Crippen LogP contribution in [-0.4, -0.2) is 59.2 Å². The van der Waals surface area contributed by atoms with Gasteiger partial charge in [-0.15, -0.1) is 0 Å². The maximum Gasteiger partial charge on any atom is 0.273 e. The number of fused-ring (bicyclic) bond motifs is 1. The first kappa shape index (κ1) is 21.8. The zero-order chi connectivity index (χ0) is 24.0. The van der Waals surface area contributed by atoms with Gasteiger partial charge in [0.25, 0.3) is 5.56 Å². The van der Waals surface area contributed by atoms with Crippen LogP contribution in [0.15, 0.2) is 53.3 Å². The fourth-order valence-corrected chi connectivity index (χ4v) is 4.83. The first-order valence-electron chi connectivity index (χ1n) is 11.5. The summed E-state index contributed by atoms with van der Waals surface area (Å²) in [6, 6.07) is 13.7. The molecule has 2 aliphatic heterocycles. The predicted octanol–water partition coefficient (Wildman–Crippen LogP) is 3.27. The number of aromatic amines is 1. The molecule has 2 aromatic heterocycles. The number of nitrogens with zero attached hydrogens (tertiary/aromatic N) is 4. The molecule has 0 atom stereocenters. The van der Waals surface area contributed by atoms with Gasteiger partial charge in [-0.05, 0) is 24.3 Å². The van der Waals surface area contributed by atoms with Gasteiger partial charge in [0.1, 0.15) is 22.6 Å². The van der Waals surface area contributed by atoms with Crippen molar-refractivity contribution in [3.05, 3.63) is 64.7 Å². The molecule has 0 unspecified atom stereocenters. The van der Waals surface area contributed by atoms with Gasteiger partial charge in [0.2, 0.25) is 0 Å². The van der Waals surface area contributed by atoms with E-state index in [-0.39, 0.29) is 11.4 Å². The topological polar surface area (TPSA) is 94.5 Å². The number of benzene rings is 2. The number of anilines is 1. The summed E-state index contributed by atoms with van der Waals surface area (Å²) in [4.78, 5) is 15.0. The lowest BCUT2D eigenvalue weighted by Gasteiger charge is -2.38. The van der Waals surface area contributed by atoms with Crippen LogP contribution in [0.3, 0.4) is 0 Å². The second-order valence-corrected chi connectivity index (χ2v) is 8.66. The summed E-state index contributed by atoms with van der Waals surface area (Å²) >= 11 is 0. The normalized spacial score (nSPS) is 17.4. The summed E-state index contributed by atoms with van der Waals surface area (Å²) in [6.45, 7) is 3.03. The highest BCUT2D eigenvalue weighted by molar-refractivity contribution is 5.89. The molecule has 9 nitrogen and oxygen atoms in total. The second kappa shape index (κ2) is 8.47. The summed E-state index contributed by atoms with van der Waals surface area (Å²) < 4.78 is 32.6. The maximum atomic E-state index is 14.6. The number of halogens is 1. The van der Waals surface area contributed by atoms with Gasteiger partial charge in [0.15, 0.2) is 11.6 Å². The van der Waals surface area contributed by atoms with Crippen molar-refractivity contribution < 1.29 is 18.6 Å². The molecular formula is C25H24FN5O4. The summed E-state index contributed by atoms with van der Waals surface area (Å²) in [5.74, 6) is -0.804. The number of rotatable bonds is 4. The van der Waals surface area contributed by atoms with Crippen molar-refractivity contribution in [2.75, 3.05) is 38.3 Å². The van der Waals surface area contributed by atoms with E-state index in [0.29, 0.717) is 29.9 Å². The highest BCUT2D eigenvalue weighted by Gasteiger charge is 2.39. The molecular weight excluding hydrogens is 453 g/mol. The van der Waals surface area contributed by atoms with Gasteiger partial charge in [0.05, 0.1) is 25.8 Å². The largest absolute Gasteiger partial charge is 0.494 e. The van der Waals surface area contributed by atoms with Crippen LogP contribution in [0, 0.1) is 5.82 Å². The Kier molecular flexibility index (Phi) is 5.27. The molecule has 10 heteroatoms. The van der Waals surface area contributed by atoms with E-state index in [4.69, 9.17) is 14.2 Å². The van der Waals surface area contributed by atoms with Crippen LogP contribution in [0.25, 0.3) is 28.0 Å². The van der Waals surface area contributed by atoms with Crippen LogP contribution >= 0.6 is 0 Å². The molecule has 1 N–H and O–H groups in total. The average molecular weight is 477 g/mol. The number of hydrogen-bond acceptors (Lipinski definition) is 7. The summed E-state index contributed by atoms with van der Waals surface area (Å²) in [7, 11) is 1.42. The Labute approximate surface area is 200 Å². The van der Waals surface area contributed by atoms with Gasteiger partial charge in [0, 0.05) is 43.2 Å². The lowest BCUT2D eigenvalue weighted by molar-refractivity contribution is -0.169. The predicted molar refractivity (Wildman–Crippen MR) is 128 cm³/mol. The van der Waals surface area contributed by atoms with Crippen molar-refractivity contribution in [3.63, 3.8) is 0 Å². The monoisotopic (exact) mass is 477 g/mol. The molecule has 35 heavy (non-hydrogen) atoms. The fourth-order valence-electron chi connectivity index (χ4n) is 4.83. The fraction of sp³-hybridized carbons (Fsp3) is 0.320. The van der Waals surface area contributed by atoms with E-state index in [2.05, 4.69) is 20.2 Å². The number of piperidine rings is 1. The molecule has 0 bridgehead atoms. The van der Waals surface area contributed by atoms with Gasteiger partial charge in [-0.1, -0.05) is 18.2 Å². The first-order valence-corrected chi connectivity index (χ1v) is 11.5. The highest BCUT2D eigenvalue weighted by atomic mass is 19.1. The molecule has 6 rings (SSSR count). The van der Waals surface area contributed by atoms with Crippen LogP contribution in [0.5, 0.6) is 5.75 Å². The number of H-pyrrole nitrogens is 1. The molecule has 0 radical (unpaired) electrons. The van der Waals surface area contributed by atoms with Gasteiger partial charge in [-0.25, -0.2) is 4.39 Å². The minimum atomic E-state index is -0.607. The van der Waals surface area contributed by atoms with Crippen molar-refractivity contribution in [2.45, 2.75) is 18.6 Å². The van der Waals surface area contributed by atoms with Gasteiger partial charge < -0.3 is 19.1 Å². The van der Waals surface area contributed by atoms with E-state index in [1.54, 1.807) is 6.07 Å². The Morgan fingerprint density at radius 1 is 1.09 bits per heavy atom. The molecule has 2 aliphatic rings. The van der Waals surface area contributed by atoms with E-state index in [0.717, 1.165) is 41.9 Å². The van der Waals surface area contributed by atoms with Gasteiger partial charge in [-0.3, -0.25) is 9.89 Å². The first-order chi connectivity index (χ1) is 17.1. The van der Waals surface area contributed by atoms with Crippen LogP contribution in [-0.2, 0) is 9.47 Å². The van der Waals surface area contributed by atoms with Crippen molar-refractivity contribution in [3.8, 4) is 22.7 Å². The van der Waals surface area contributed by atoms with E-state index in [1.807, 2.05) is 24.3 Å². The van der Waals surface area contributed by atoms with E-state index in [1.165, 1.54) is 25.3 Å². The lowest BCUT2D eigenvalue weighted by atomic mass is 10.0. The van der Waals surface area contributed by atoms with Crippen molar-refractivity contribution in [1.29, 1.82) is 0 Å². The molecule has 0 amide bonds. The Morgan fingerprint density at radius 2 is 1.83 bits per heavy atom. The minimum Gasteiger partial charge on any atom is -0.494 e. The molecule has 1 spiro atoms. The Morgan fingerprint density at radius 3 is 2.54 bits per heavy atom. The van der Waals surface area contributed by atoms with Gasteiger partial charge in [-0.2, -0.15) is 14.9 Å². The van der Waals surface area contributed by atoms with E-state index in [9.17, 15) is 9.18 Å². The van der Waals surface area contributed by atoms with Gasteiger partial charge >= 0.3 is 0 Å². The highest BCUT2D eigenvalue weighted by Crippen LogP contribution is 2.34. The number of aromatic nitrogens is 4. The summed E-state index contributed by atoms with van der Waals surface area (Å²) in [5.41, 5.74) is 2.89. The SMILES string of the molecule is COc1cccc(F)c1-n1nc2c(-c3ccc(N4CCC5(CC4)OCCO5)cc3)n[nH]c2cc1=O. The Balaban J connectivity index is 1.32. The number of nitrogens with one attached hydrogen (secondary N) is 1. The molecule has 0 aliphatic carbocycles. The summed E-state index contributed by atoms with van der Waals surface area (Å²) in [5, 5.41) is 11.7. The minimum absolute atomic E-state index is 0.0394. The third-order valence-corrected chi connectivity index (χ3v) is 6.67. The lowest BCUT2D eigenvalue weighted by Crippen LogP contribution is -2.45. The number of methoxy groups -OCH3 is 1. The zero-order valence-electron chi connectivity index (χ0n) is 19.2. The van der Waals surface area contributed by atoms with E-state index >= 15 is 0 Å². The van der Waals surface area contributed by atoms with Crippen LogP contribution in [0.2, 0.25) is 0 Å². The van der Waals surface area contributed by atoms with Crippen LogP contribution < -0.4 is 15.2 Å². The molecule has 4 heterocycles. The molecule has 2 saturated heterocycles. The third-order valence-electron chi connectivity index (χ3n) is 6.67. The zero-order valence-corrected chi connectivity index (χ0v) is 19.2. The standard InChI is InChI=1S/C25H24FN5O4/c1-33-20-4-2-3-18(26)24(20)31-21(32)15-19-23(29-31)22(28-27-19)16-5-7-17(8-6-16)30-11-9-25(10-12-30)34-13-14-35-25/h2-8,15,27H,9-14H2,1H3. The number of hydrogen-bond donors (Lipinski definition) is 1. The van der Waals surface area contributed by atoms with Crippen molar-refractivity contribution in [2.24, 2.45) is 0 Å². The smallest absolute Gasteiger partial charge is 0.273 e. The maximum absolute atomic E-state index is 14.6. The number of para-hydroxylation sites is 1. The molecule has 4 aromatic rings. The van der Waals surface area contributed by atoms with Crippen LogP contribution in [0.1, 0.15) is 12.8 Å². The van der Waals surface area contributed by atoms with E-state index < -0.39 is 17.2 Å². The number of ether oxygens (including phenoxy) is 3. The van der Waals surface area contributed by atoms with Crippen molar-refractivity contribution >= 4 is 16.7 Å². The molecule has 0 saturated carbocycles. The van der Waals surface area contributed by atoms with Crippen LogP contribution in [0.4, 0.5) is 10.1 Å². The summed E-state index contributed by atoms with van der Waals surface area (Å²) in [6.07, 6.45) is 1.67. The second-order valence-electron chi connectivity index (χ2n) is 8.66. The third kappa shape index (κ3) is 3.75.